The number of carbonyl (C=O) groups is 1. The summed E-state index contributed by atoms with van der Waals surface area (Å²) in [5.74, 6) is -1.20. The van der Waals surface area contributed by atoms with Gasteiger partial charge >= 0.3 is 0 Å². The summed E-state index contributed by atoms with van der Waals surface area (Å²) < 4.78 is 33.0. The van der Waals surface area contributed by atoms with Crippen LogP contribution < -0.4 is 15.4 Å². The maximum absolute atomic E-state index is 14.5. The Hall–Kier alpha value is -2.47. The minimum Gasteiger partial charge on any atom is -0.494 e. The van der Waals surface area contributed by atoms with Gasteiger partial charge in [0.1, 0.15) is 5.82 Å². The van der Waals surface area contributed by atoms with Gasteiger partial charge in [0.2, 0.25) is 5.91 Å². The van der Waals surface area contributed by atoms with Gasteiger partial charge in [0.15, 0.2) is 11.6 Å². The Balaban J connectivity index is 1.72. The summed E-state index contributed by atoms with van der Waals surface area (Å²) in [5, 5.41) is 5.74. The smallest absolute Gasteiger partial charge is 0.228 e. The zero-order valence-electron chi connectivity index (χ0n) is 13.3. The quantitative estimate of drug-likeness (QED) is 0.905. The molecule has 2 N–H and O–H groups in total. The third kappa shape index (κ3) is 3.38. The van der Waals surface area contributed by atoms with Gasteiger partial charge in [-0.15, -0.1) is 0 Å². The fraction of sp³-hybridized carbons (Fsp3) is 0.278. The molecular weight excluding hydrogens is 314 g/mol. The molecule has 24 heavy (non-hydrogen) atoms. The van der Waals surface area contributed by atoms with Crippen LogP contribution in [0, 0.1) is 11.6 Å². The molecule has 126 valence electrons. The zero-order chi connectivity index (χ0) is 17.1. The SMILES string of the molecule is COc1ccc(CC(=O)Nc2ccc3c(c2F)CCNC3)cc1F. The van der Waals surface area contributed by atoms with Gasteiger partial charge in [-0.25, -0.2) is 8.78 Å². The van der Waals surface area contributed by atoms with E-state index in [0.717, 1.165) is 5.56 Å². The van der Waals surface area contributed by atoms with Gasteiger partial charge in [-0.3, -0.25) is 4.79 Å². The molecule has 0 bridgehead atoms. The van der Waals surface area contributed by atoms with Crippen LogP contribution in [0.25, 0.3) is 0 Å². The normalized spacial score (nSPS) is 13.3. The number of methoxy groups -OCH3 is 1. The molecule has 0 unspecified atom stereocenters. The van der Waals surface area contributed by atoms with Crippen molar-refractivity contribution in [2.75, 3.05) is 19.0 Å². The largest absolute Gasteiger partial charge is 0.494 e. The first-order valence-electron chi connectivity index (χ1n) is 7.71. The minimum absolute atomic E-state index is 0.0427. The molecular formula is C18H18F2N2O2. The van der Waals surface area contributed by atoms with Gasteiger partial charge in [-0.2, -0.15) is 0 Å². The molecule has 4 nitrogen and oxygen atoms in total. The third-order valence-corrected chi connectivity index (χ3v) is 4.06. The zero-order valence-corrected chi connectivity index (χ0v) is 13.3. The molecule has 0 radical (unpaired) electrons. The second kappa shape index (κ2) is 6.97. The van der Waals surface area contributed by atoms with Crippen molar-refractivity contribution in [3.05, 3.63) is 58.7 Å². The summed E-state index contributed by atoms with van der Waals surface area (Å²) in [6, 6.07) is 7.69. The molecule has 6 heteroatoms. The maximum atomic E-state index is 14.5. The Morgan fingerprint density at radius 3 is 2.88 bits per heavy atom. The highest BCUT2D eigenvalue weighted by Crippen LogP contribution is 2.25. The molecule has 1 aliphatic heterocycles. The summed E-state index contributed by atoms with van der Waals surface area (Å²) in [5.41, 5.74) is 2.21. The molecule has 0 atom stereocenters. The van der Waals surface area contributed by atoms with E-state index in [-0.39, 0.29) is 23.7 Å². The number of ether oxygens (including phenoxy) is 1. The van der Waals surface area contributed by atoms with Gasteiger partial charge in [-0.05, 0) is 47.9 Å². The van der Waals surface area contributed by atoms with Crippen LogP contribution in [0.5, 0.6) is 5.75 Å². The van der Waals surface area contributed by atoms with Crippen molar-refractivity contribution in [3.8, 4) is 5.75 Å². The summed E-state index contributed by atoms with van der Waals surface area (Å²) in [6.45, 7) is 1.35. The lowest BCUT2D eigenvalue weighted by molar-refractivity contribution is -0.115. The van der Waals surface area contributed by atoms with E-state index in [9.17, 15) is 13.6 Å². The summed E-state index contributed by atoms with van der Waals surface area (Å²) >= 11 is 0. The van der Waals surface area contributed by atoms with E-state index in [4.69, 9.17) is 4.74 Å². The van der Waals surface area contributed by atoms with Gasteiger partial charge in [0, 0.05) is 6.54 Å². The van der Waals surface area contributed by atoms with Crippen LogP contribution in [0.15, 0.2) is 30.3 Å². The molecule has 1 heterocycles. The maximum Gasteiger partial charge on any atom is 0.228 e. The fourth-order valence-electron chi connectivity index (χ4n) is 2.83. The van der Waals surface area contributed by atoms with Gasteiger partial charge in [0.25, 0.3) is 0 Å². The van der Waals surface area contributed by atoms with Gasteiger partial charge in [-0.1, -0.05) is 12.1 Å². The van der Waals surface area contributed by atoms with Crippen LogP contribution in [0.1, 0.15) is 16.7 Å². The molecule has 0 saturated carbocycles. The summed E-state index contributed by atoms with van der Waals surface area (Å²) in [7, 11) is 1.37. The van der Waals surface area contributed by atoms with Crippen LogP contribution in [0.3, 0.4) is 0 Å². The molecule has 2 aromatic rings. The van der Waals surface area contributed by atoms with E-state index >= 15 is 0 Å². The van der Waals surface area contributed by atoms with E-state index < -0.39 is 11.7 Å². The average molecular weight is 332 g/mol. The topological polar surface area (TPSA) is 50.4 Å². The molecule has 3 rings (SSSR count). The third-order valence-electron chi connectivity index (χ3n) is 4.06. The number of hydrogen-bond acceptors (Lipinski definition) is 3. The number of benzene rings is 2. The molecule has 0 fully saturated rings. The van der Waals surface area contributed by atoms with E-state index in [1.165, 1.54) is 19.2 Å². The van der Waals surface area contributed by atoms with Crippen molar-refractivity contribution in [2.24, 2.45) is 0 Å². The Kier molecular flexibility index (Phi) is 4.76. The molecule has 0 aromatic heterocycles. The summed E-state index contributed by atoms with van der Waals surface area (Å²) in [6.07, 6.45) is 0.549. The fourth-order valence-corrected chi connectivity index (χ4v) is 2.83. The Bertz CT molecular complexity index is 778. The van der Waals surface area contributed by atoms with Crippen molar-refractivity contribution < 1.29 is 18.3 Å². The number of anilines is 1. The predicted octanol–water partition coefficient (Wildman–Crippen LogP) is 2.80. The molecule has 0 aliphatic carbocycles. The number of carbonyl (C=O) groups excluding carboxylic acids is 1. The number of nitrogens with one attached hydrogen (secondary N) is 2. The van der Waals surface area contributed by atoms with Crippen molar-refractivity contribution in [1.29, 1.82) is 0 Å². The van der Waals surface area contributed by atoms with Gasteiger partial charge < -0.3 is 15.4 Å². The lowest BCUT2D eigenvalue weighted by Crippen LogP contribution is -2.25. The Morgan fingerprint density at radius 1 is 1.29 bits per heavy atom. The van der Waals surface area contributed by atoms with E-state index in [0.29, 0.717) is 30.6 Å². The number of rotatable bonds is 4. The van der Waals surface area contributed by atoms with Crippen LogP contribution in [-0.2, 0) is 24.2 Å². The first kappa shape index (κ1) is 16.4. The first-order valence-corrected chi connectivity index (χ1v) is 7.71. The first-order chi connectivity index (χ1) is 11.6. The lowest BCUT2D eigenvalue weighted by atomic mass is 9.99. The van der Waals surface area contributed by atoms with Crippen LogP contribution in [-0.4, -0.2) is 19.6 Å². The average Bonchev–Trinajstić information content (AvgIpc) is 2.58. The van der Waals surface area contributed by atoms with Crippen LogP contribution in [0.2, 0.25) is 0 Å². The minimum atomic E-state index is -0.532. The van der Waals surface area contributed by atoms with E-state index in [2.05, 4.69) is 10.6 Å². The predicted molar refractivity (Wildman–Crippen MR) is 87.1 cm³/mol. The van der Waals surface area contributed by atoms with Crippen LogP contribution >= 0.6 is 0 Å². The Morgan fingerprint density at radius 2 is 2.12 bits per heavy atom. The standard InChI is InChI=1S/C18H18F2N2O2/c1-24-16-5-2-11(8-14(16)19)9-17(23)22-15-4-3-12-10-21-7-6-13(12)18(15)20/h2-5,8,21H,6-7,9-10H2,1H3,(H,22,23). The van der Waals surface area contributed by atoms with Crippen molar-refractivity contribution >= 4 is 11.6 Å². The molecule has 0 spiro atoms. The van der Waals surface area contributed by atoms with Crippen LogP contribution in [0.4, 0.5) is 14.5 Å². The number of fused-ring (bicyclic) bond motifs is 1. The highest BCUT2D eigenvalue weighted by Gasteiger charge is 2.17. The lowest BCUT2D eigenvalue weighted by Gasteiger charge is -2.19. The van der Waals surface area contributed by atoms with Crippen molar-refractivity contribution in [2.45, 2.75) is 19.4 Å². The molecule has 0 saturated heterocycles. The summed E-state index contributed by atoms with van der Waals surface area (Å²) in [4.78, 5) is 12.1. The monoisotopic (exact) mass is 332 g/mol. The Labute approximate surface area is 138 Å². The van der Waals surface area contributed by atoms with E-state index in [1.54, 1.807) is 12.1 Å². The highest BCUT2D eigenvalue weighted by molar-refractivity contribution is 5.92. The van der Waals surface area contributed by atoms with Crippen molar-refractivity contribution in [3.63, 3.8) is 0 Å². The highest BCUT2D eigenvalue weighted by atomic mass is 19.1. The van der Waals surface area contributed by atoms with Crippen molar-refractivity contribution in [1.82, 2.24) is 5.32 Å². The van der Waals surface area contributed by atoms with E-state index in [1.807, 2.05) is 6.07 Å². The molecule has 1 amide bonds. The molecule has 2 aromatic carbocycles. The number of halogens is 2. The van der Waals surface area contributed by atoms with Gasteiger partial charge in [0.05, 0.1) is 19.2 Å². The second-order valence-electron chi connectivity index (χ2n) is 5.69. The number of amides is 1. The number of hydrogen-bond donors (Lipinski definition) is 2. The molecule has 1 aliphatic rings. The second-order valence-corrected chi connectivity index (χ2v) is 5.69.